The van der Waals surface area contributed by atoms with Crippen LogP contribution < -0.4 is 5.32 Å². The number of rotatable bonds is 4. The number of oxazole rings is 1. The molecule has 0 fully saturated rings. The summed E-state index contributed by atoms with van der Waals surface area (Å²) in [5.41, 5.74) is 3.18. The first kappa shape index (κ1) is 15.0. The molecule has 1 atom stereocenters. The number of benzene rings is 1. The lowest BCUT2D eigenvalue weighted by molar-refractivity contribution is 0.0935. The van der Waals surface area contributed by atoms with E-state index in [1.54, 1.807) is 12.4 Å². The van der Waals surface area contributed by atoms with Crippen LogP contribution in [0.1, 0.15) is 34.6 Å². The summed E-state index contributed by atoms with van der Waals surface area (Å²) in [5.74, 6) is 0.201. The van der Waals surface area contributed by atoms with E-state index in [1.807, 2.05) is 50.2 Å². The summed E-state index contributed by atoms with van der Waals surface area (Å²) in [4.78, 5) is 20.6. The van der Waals surface area contributed by atoms with E-state index in [9.17, 15) is 4.79 Å². The number of nitrogens with one attached hydrogen (secondary N) is 1. The lowest BCUT2D eigenvalue weighted by Crippen LogP contribution is -2.27. The molecule has 0 saturated heterocycles. The van der Waals surface area contributed by atoms with Gasteiger partial charge in [0.25, 0.3) is 5.91 Å². The van der Waals surface area contributed by atoms with Gasteiger partial charge >= 0.3 is 0 Å². The Morgan fingerprint density at radius 1 is 1.22 bits per heavy atom. The average molecular weight is 307 g/mol. The smallest absolute Gasteiger partial charge is 0.274 e. The molecule has 0 saturated carbocycles. The van der Waals surface area contributed by atoms with Crippen molar-refractivity contribution < 1.29 is 9.21 Å². The summed E-state index contributed by atoms with van der Waals surface area (Å²) in [6.07, 6.45) is 4.72. The van der Waals surface area contributed by atoms with E-state index in [0.717, 1.165) is 16.7 Å². The second-order valence-corrected chi connectivity index (χ2v) is 5.38. The number of pyridine rings is 1. The van der Waals surface area contributed by atoms with Gasteiger partial charge in [0.2, 0.25) is 0 Å². The highest BCUT2D eigenvalue weighted by Gasteiger charge is 2.20. The normalized spacial score (nSPS) is 11.9. The van der Waals surface area contributed by atoms with Crippen molar-refractivity contribution in [3.05, 3.63) is 72.0 Å². The van der Waals surface area contributed by atoms with Crippen molar-refractivity contribution in [3.8, 4) is 11.3 Å². The standard InChI is InChI=1S/C18H17N3O2/c1-12-5-7-14(8-6-12)17-16(20-11-23-17)18(22)21-13(2)15-4-3-9-19-10-15/h3-11,13H,1-2H3,(H,21,22)/t13-/m0/s1. The van der Waals surface area contributed by atoms with Gasteiger partial charge in [0, 0.05) is 18.0 Å². The molecular weight excluding hydrogens is 290 g/mol. The fourth-order valence-electron chi connectivity index (χ4n) is 2.30. The fourth-order valence-corrected chi connectivity index (χ4v) is 2.30. The maximum Gasteiger partial charge on any atom is 0.274 e. The Morgan fingerprint density at radius 3 is 2.70 bits per heavy atom. The van der Waals surface area contributed by atoms with Gasteiger partial charge in [0.15, 0.2) is 17.8 Å². The van der Waals surface area contributed by atoms with Crippen LogP contribution in [0.3, 0.4) is 0 Å². The zero-order chi connectivity index (χ0) is 16.2. The predicted molar refractivity (Wildman–Crippen MR) is 86.8 cm³/mol. The molecule has 23 heavy (non-hydrogen) atoms. The van der Waals surface area contributed by atoms with E-state index >= 15 is 0 Å². The van der Waals surface area contributed by atoms with Gasteiger partial charge in [-0.15, -0.1) is 0 Å². The zero-order valence-electron chi connectivity index (χ0n) is 13.0. The highest BCUT2D eigenvalue weighted by molar-refractivity contribution is 5.97. The topological polar surface area (TPSA) is 68.0 Å². The molecule has 1 N–H and O–H groups in total. The number of hydrogen-bond acceptors (Lipinski definition) is 4. The Labute approximate surface area is 134 Å². The molecule has 0 spiro atoms. The minimum absolute atomic E-state index is 0.168. The van der Waals surface area contributed by atoms with Crippen molar-refractivity contribution in [2.24, 2.45) is 0 Å². The SMILES string of the molecule is Cc1ccc(-c2ocnc2C(=O)N[C@@H](C)c2cccnc2)cc1. The van der Waals surface area contributed by atoms with E-state index < -0.39 is 0 Å². The number of aryl methyl sites for hydroxylation is 1. The van der Waals surface area contributed by atoms with Gasteiger partial charge in [-0.2, -0.15) is 0 Å². The van der Waals surface area contributed by atoms with Gasteiger partial charge in [0.1, 0.15) is 0 Å². The largest absolute Gasteiger partial charge is 0.443 e. The molecule has 0 aliphatic carbocycles. The van der Waals surface area contributed by atoms with Gasteiger partial charge in [0.05, 0.1) is 6.04 Å². The molecule has 0 aliphatic heterocycles. The molecule has 116 valence electrons. The van der Waals surface area contributed by atoms with Crippen molar-refractivity contribution in [1.29, 1.82) is 0 Å². The van der Waals surface area contributed by atoms with Crippen LogP contribution in [0.25, 0.3) is 11.3 Å². The van der Waals surface area contributed by atoms with Crippen LogP contribution >= 0.6 is 0 Å². The zero-order valence-corrected chi connectivity index (χ0v) is 13.0. The number of nitrogens with zero attached hydrogens (tertiary/aromatic N) is 2. The molecule has 5 nitrogen and oxygen atoms in total. The molecule has 3 aromatic rings. The predicted octanol–water partition coefficient (Wildman–Crippen LogP) is 3.54. The van der Waals surface area contributed by atoms with Crippen molar-refractivity contribution >= 4 is 5.91 Å². The first-order chi connectivity index (χ1) is 11.1. The van der Waals surface area contributed by atoms with Gasteiger partial charge in [-0.25, -0.2) is 4.98 Å². The molecule has 3 rings (SSSR count). The Hall–Kier alpha value is -2.95. The van der Waals surface area contributed by atoms with E-state index in [1.165, 1.54) is 6.39 Å². The van der Waals surface area contributed by atoms with E-state index in [0.29, 0.717) is 5.76 Å². The van der Waals surface area contributed by atoms with Crippen LogP contribution in [0.15, 0.2) is 59.6 Å². The van der Waals surface area contributed by atoms with Crippen LogP contribution in [-0.2, 0) is 0 Å². The van der Waals surface area contributed by atoms with Gasteiger partial charge in [-0.05, 0) is 25.5 Å². The van der Waals surface area contributed by atoms with Crippen LogP contribution in [0.4, 0.5) is 0 Å². The lowest BCUT2D eigenvalue weighted by Gasteiger charge is -2.13. The number of carbonyl (C=O) groups is 1. The molecule has 0 radical (unpaired) electrons. The third-order valence-corrected chi connectivity index (χ3v) is 3.63. The first-order valence-corrected chi connectivity index (χ1v) is 7.36. The summed E-state index contributed by atoms with van der Waals surface area (Å²) in [7, 11) is 0. The summed E-state index contributed by atoms with van der Waals surface area (Å²) in [6.45, 7) is 3.91. The lowest BCUT2D eigenvalue weighted by atomic mass is 10.1. The molecular formula is C18H17N3O2. The van der Waals surface area contributed by atoms with Crippen LogP contribution in [0.2, 0.25) is 0 Å². The molecule has 1 amide bonds. The van der Waals surface area contributed by atoms with Crippen LogP contribution in [-0.4, -0.2) is 15.9 Å². The Bertz CT molecular complexity index is 795. The maximum atomic E-state index is 12.5. The number of hydrogen-bond donors (Lipinski definition) is 1. The minimum Gasteiger partial charge on any atom is -0.443 e. The fraction of sp³-hybridized carbons (Fsp3) is 0.167. The molecule has 0 bridgehead atoms. The number of amides is 1. The van der Waals surface area contributed by atoms with E-state index in [-0.39, 0.29) is 17.6 Å². The highest BCUT2D eigenvalue weighted by atomic mass is 16.3. The van der Waals surface area contributed by atoms with E-state index in [2.05, 4.69) is 15.3 Å². The van der Waals surface area contributed by atoms with Gasteiger partial charge < -0.3 is 9.73 Å². The molecule has 1 aromatic carbocycles. The average Bonchev–Trinajstić information content (AvgIpc) is 3.06. The van der Waals surface area contributed by atoms with Crippen molar-refractivity contribution in [2.75, 3.05) is 0 Å². The van der Waals surface area contributed by atoms with Crippen molar-refractivity contribution in [3.63, 3.8) is 0 Å². The molecule has 2 aromatic heterocycles. The summed E-state index contributed by atoms with van der Waals surface area (Å²) >= 11 is 0. The van der Waals surface area contributed by atoms with Gasteiger partial charge in [-0.1, -0.05) is 35.9 Å². The molecule has 5 heteroatoms. The Kier molecular flexibility index (Phi) is 4.19. The molecule has 0 aliphatic rings. The quantitative estimate of drug-likeness (QED) is 0.800. The Morgan fingerprint density at radius 2 is 2.00 bits per heavy atom. The summed E-state index contributed by atoms with van der Waals surface area (Å²) in [6, 6.07) is 11.4. The van der Waals surface area contributed by atoms with Crippen LogP contribution in [0, 0.1) is 6.92 Å². The second kappa shape index (κ2) is 6.44. The van der Waals surface area contributed by atoms with Gasteiger partial charge in [-0.3, -0.25) is 9.78 Å². The summed E-state index contributed by atoms with van der Waals surface area (Å²) in [5, 5.41) is 2.92. The molecule has 0 unspecified atom stereocenters. The third-order valence-electron chi connectivity index (χ3n) is 3.63. The molecule has 2 heterocycles. The maximum absolute atomic E-state index is 12.5. The van der Waals surface area contributed by atoms with Crippen molar-refractivity contribution in [2.45, 2.75) is 19.9 Å². The highest BCUT2D eigenvalue weighted by Crippen LogP contribution is 2.24. The van der Waals surface area contributed by atoms with Crippen molar-refractivity contribution in [1.82, 2.24) is 15.3 Å². The Balaban J connectivity index is 1.81. The second-order valence-electron chi connectivity index (χ2n) is 5.38. The number of carbonyl (C=O) groups excluding carboxylic acids is 1. The monoisotopic (exact) mass is 307 g/mol. The number of aromatic nitrogens is 2. The summed E-state index contributed by atoms with van der Waals surface area (Å²) < 4.78 is 5.41. The third kappa shape index (κ3) is 3.29. The van der Waals surface area contributed by atoms with Crippen LogP contribution in [0.5, 0.6) is 0 Å². The minimum atomic E-state index is -0.273. The van der Waals surface area contributed by atoms with E-state index in [4.69, 9.17) is 4.42 Å². The first-order valence-electron chi connectivity index (χ1n) is 7.36.